The smallest absolute Gasteiger partial charge is 0.162 e. The highest BCUT2D eigenvalue weighted by Gasteiger charge is 2.16. The molecule has 158 valence electrons. The lowest BCUT2D eigenvalue weighted by atomic mass is 10.0. The Hall–Kier alpha value is -3.84. The van der Waals surface area contributed by atoms with Crippen molar-refractivity contribution in [3.8, 4) is 28.1 Å². The van der Waals surface area contributed by atoms with E-state index in [1.54, 1.807) is 10.7 Å². The number of aryl methyl sites for hydroxylation is 1. The molecule has 6 rings (SSSR count). The number of nitrogens with zero attached hydrogens (tertiary/aromatic N) is 5. The lowest BCUT2D eigenvalue weighted by Gasteiger charge is -2.12. The summed E-state index contributed by atoms with van der Waals surface area (Å²) in [6, 6.07) is 14.2. The highest BCUT2D eigenvalue weighted by atomic mass is 16.5. The molecule has 1 saturated heterocycles. The number of ether oxygens (including phenoxy) is 1. The molecule has 1 aromatic carbocycles. The van der Waals surface area contributed by atoms with E-state index in [9.17, 15) is 0 Å². The summed E-state index contributed by atoms with van der Waals surface area (Å²) in [5.41, 5.74) is 6.56. The van der Waals surface area contributed by atoms with Crippen molar-refractivity contribution >= 4 is 16.6 Å². The topological polar surface area (TPSA) is 77.2 Å². The van der Waals surface area contributed by atoms with Gasteiger partial charge in [0.25, 0.3) is 0 Å². The van der Waals surface area contributed by atoms with Crippen molar-refractivity contribution in [1.29, 1.82) is 0 Å². The highest BCUT2D eigenvalue weighted by Crippen LogP contribution is 2.31. The SMILES string of the molecule is Cc1ccc2c(-c3cnn4cc(-c5ccc(OC6CCNC6)cn5)cnc34)cccc2n1. The van der Waals surface area contributed by atoms with E-state index in [0.29, 0.717) is 0 Å². The predicted octanol–water partition coefficient (Wildman–Crippen LogP) is 4.06. The van der Waals surface area contributed by atoms with Crippen LogP contribution < -0.4 is 10.1 Å². The van der Waals surface area contributed by atoms with Gasteiger partial charge in [-0.3, -0.25) is 9.97 Å². The molecule has 0 amide bonds. The normalized spacial score (nSPS) is 16.1. The third-order valence-electron chi connectivity index (χ3n) is 5.87. The monoisotopic (exact) mass is 422 g/mol. The van der Waals surface area contributed by atoms with Crippen LogP contribution in [-0.2, 0) is 0 Å². The molecule has 5 aromatic rings. The fourth-order valence-corrected chi connectivity index (χ4v) is 4.23. The first-order valence-corrected chi connectivity index (χ1v) is 10.8. The maximum Gasteiger partial charge on any atom is 0.162 e. The van der Waals surface area contributed by atoms with E-state index in [2.05, 4.69) is 32.5 Å². The van der Waals surface area contributed by atoms with Gasteiger partial charge in [0.2, 0.25) is 0 Å². The van der Waals surface area contributed by atoms with Crippen molar-refractivity contribution in [3.63, 3.8) is 0 Å². The van der Waals surface area contributed by atoms with Crippen LogP contribution in [0.4, 0.5) is 0 Å². The maximum atomic E-state index is 5.97. The molecule has 1 aliphatic rings. The zero-order chi connectivity index (χ0) is 21.5. The minimum absolute atomic E-state index is 0.219. The second-order valence-corrected chi connectivity index (χ2v) is 8.11. The largest absolute Gasteiger partial charge is 0.487 e. The molecular weight excluding hydrogens is 400 g/mol. The number of nitrogens with one attached hydrogen (secondary N) is 1. The van der Waals surface area contributed by atoms with Gasteiger partial charge in [-0.1, -0.05) is 18.2 Å². The summed E-state index contributed by atoms with van der Waals surface area (Å²) in [4.78, 5) is 14.0. The van der Waals surface area contributed by atoms with E-state index >= 15 is 0 Å². The summed E-state index contributed by atoms with van der Waals surface area (Å²) in [6.45, 7) is 3.89. The van der Waals surface area contributed by atoms with Crippen LogP contribution in [0.1, 0.15) is 12.1 Å². The lowest BCUT2D eigenvalue weighted by Crippen LogP contribution is -2.19. The molecule has 0 radical (unpaired) electrons. The van der Waals surface area contributed by atoms with Crippen LogP contribution in [0.2, 0.25) is 0 Å². The van der Waals surface area contributed by atoms with Gasteiger partial charge in [0.05, 0.1) is 23.6 Å². The van der Waals surface area contributed by atoms with Crippen LogP contribution in [0, 0.1) is 6.92 Å². The number of pyridine rings is 2. The van der Waals surface area contributed by atoms with E-state index in [1.165, 1.54) is 0 Å². The van der Waals surface area contributed by atoms with E-state index in [-0.39, 0.29) is 6.10 Å². The van der Waals surface area contributed by atoms with Gasteiger partial charge in [-0.2, -0.15) is 5.10 Å². The minimum Gasteiger partial charge on any atom is -0.487 e. The fourth-order valence-electron chi connectivity index (χ4n) is 4.23. The zero-order valence-corrected chi connectivity index (χ0v) is 17.7. The summed E-state index contributed by atoms with van der Waals surface area (Å²) in [6.07, 6.45) is 8.69. The third-order valence-corrected chi connectivity index (χ3v) is 5.87. The quantitative estimate of drug-likeness (QED) is 0.471. The molecule has 4 aromatic heterocycles. The number of rotatable bonds is 4. The number of aromatic nitrogens is 5. The van der Waals surface area contributed by atoms with E-state index in [1.807, 2.05) is 55.8 Å². The van der Waals surface area contributed by atoms with Gasteiger partial charge < -0.3 is 10.1 Å². The van der Waals surface area contributed by atoms with E-state index < -0.39 is 0 Å². The highest BCUT2D eigenvalue weighted by molar-refractivity contribution is 5.98. The van der Waals surface area contributed by atoms with Gasteiger partial charge in [0.15, 0.2) is 5.65 Å². The summed E-state index contributed by atoms with van der Waals surface area (Å²) < 4.78 is 7.77. The molecule has 7 heteroatoms. The summed E-state index contributed by atoms with van der Waals surface area (Å²) in [5, 5.41) is 8.96. The molecular formula is C25H22N6O. The van der Waals surface area contributed by atoms with Gasteiger partial charge >= 0.3 is 0 Å². The Morgan fingerprint density at radius 1 is 1.00 bits per heavy atom. The van der Waals surface area contributed by atoms with Gasteiger partial charge in [0.1, 0.15) is 11.9 Å². The Labute approximate surface area is 185 Å². The molecule has 0 aliphatic carbocycles. The molecule has 1 aliphatic heterocycles. The Morgan fingerprint density at radius 2 is 1.97 bits per heavy atom. The van der Waals surface area contributed by atoms with Crippen molar-refractivity contribution in [2.45, 2.75) is 19.4 Å². The van der Waals surface area contributed by atoms with Gasteiger partial charge in [-0.05, 0) is 49.7 Å². The average Bonchev–Trinajstić information content (AvgIpc) is 3.48. The van der Waals surface area contributed by atoms with Crippen LogP contribution in [0.3, 0.4) is 0 Å². The van der Waals surface area contributed by atoms with Gasteiger partial charge in [-0.25, -0.2) is 9.50 Å². The molecule has 5 heterocycles. The van der Waals surface area contributed by atoms with Crippen molar-refractivity contribution in [2.75, 3.05) is 13.1 Å². The first-order chi connectivity index (χ1) is 15.7. The summed E-state index contributed by atoms with van der Waals surface area (Å²) in [7, 11) is 0. The number of hydrogen-bond donors (Lipinski definition) is 1. The van der Waals surface area contributed by atoms with Crippen molar-refractivity contribution < 1.29 is 4.74 Å². The summed E-state index contributed by atoms with van der Waals surface area (Å²) >= 11 is 0. The van der Waals surface area contributed by atoms with Crippen molar-refractivity contribution in [3.05, 3.63) is 72.9 Å². The van der Waals surface area contributed by atoms with Crippen molar-refractivity contribution in [2.24, 2.45) is 0 Å². The maximum absolute atomic E-state index is 5.97. The van der Waals surface area contributed by atoms with Crippen LogP contribution in [-0.4, -0.2) is 43.8 Å². The fraction of sp³-hybridized carbons (Fsp3) is 0.200. The number of benzene rings is 1. The number of hydrogen-bond acceptors (Lipinski definition) is 6. The van der Waals surface area contributed by atoms with Crippen LogP contribution in [0.5, 0.6) is 5.75 Å². The van der Waals surface area contributed by atoms with Crippen LogP contribution in [0.25, 0.3) is 38.9 Å². The van der Waals surface area contributed by atoms with Crippen molar-refractivity contribution in [1.82, 2.24) is 29.9 Å². The Bertz CT molecular complexity index is 1420. The minimum atomic E-state index is 0.219. The molecule has 1 N–H and O–H groups in total. The second-order valence-electron chi connectivity index (χ2n) is 8.11. The third kappa shape index (κ3) is 3.36. The standard InChI is InChI=1S/C25H22N6O/c1-16-5-7-21-20(3-2-4-24(21)30-16)22-14-29-31-15-17(11-28-25(22)31)23-8-6-18(13-27-23)32-19-9-10-26-12-19/h2-8,11,13-15,19,26H,9-10,12H2,1H3. The van der Waals surface area contributed by atoms with E-state index in [4.69, 9.17) is 9.72 Å². The average molecular weight is 422 g/mol. The predicted molar refractivity (Wildman–Crippen MR) is 124 cm³/mol. The van der Waals surface area contributed by atoms with Gasteiger partial charge in [-0.15, -0.1) is 0 Å². The Morgan fingerprint density at radius 3 is 2.81 bits per heavy atom. The first-order valence-electron chi connectivity index (χ1n) is 10.8. The molecule has 1 unspecified atom stereocenters. The van der Waals surface area contributed by atoms with Crippen LogP contribution in [0.15, 0.2) is 67.3 Å². The molecule has 1 atom stereocenters. The number of fused-ring (bicyclic) bond motifs is 2. The molecule has 7 nitrogen and oxygen atoms in total. The zero-order valence-electron chi connectivity index (χ0n) is 17.7. The molecule has 1 fully saturated rings. The molecule has 0 bridgehead atoms. The Balaban J connectivity index is 1.33. The van der Waals surface area contributed by atoms with Gasteiger partial charge in [0, 0.05) is 41.1 Å². The summed E-state index contributed by atoms with van der Waals surface area (Å²) in [5.74, 6) is 0.790. The molecule has 0 saturated carbocycles. The second kappa shape index (κ2) is 7.69. The molecule has 0 spiro atoms. The first kappa shape index (κ1) is 18.9. The molecule has 32 heavy (non-hydrogen) atoms. The van der Waals surface area contributed by atoms with Crippen LogP contribution >= 0.6 is 0 Å². The van der Waals surface area contributed by atoms with E-state index in [0.717, 1.165) is 69.9 Å². The Kier molecular flexibility index (Phi) is 4.54. The lowest BCUT2D eigenvalue weighted by molar-refractivity contribution is 0.222.